The SMILES string of the molecule is C[C@@H]1C[C@H](c2ccc(Br)cc2)CN1. The van der Waals surface area contributed by atoms with Crippen LogP contribution < -0.4 is 5.32 Å². The summed E-state index contributed by atoms with van der Waals surface area (Å²) in [6, 6.07) is 9.35. The fourth-order valence-electron chi connectivity index (χ4n) is 1.93. The van der Waals surface area contributed by atoms with E-state index in [0.717, 1.165) is 11.0 Å². The second-order valence-corrected chi connectivity index (χ2v) is 4.71. The zero-order valence-corrected chi connectivity index (χ0v) is 9.34. The fraction of sp³-hybridized carbons (Fsp3) is 0.455. The van der Waals surface area contributed by atoms with E-state index in [4.69, 9.17) is 0 Å². The number of nitrogens with one attached hydrogen (secondary N) is 1. The van der Waals surface area contributed by atoms with Gasteiger partial charge in [0.05, 0.1) is 0 Å². The van der Waals surface area contributed by atoms with Gasteiger partial charge in [0.2, 0.25) is 0 Å². The highest BCUT2D eigenvalue weighted by Crippen LogP contribution is 2.26. The first kappa shape index (κ1) is 9.22. The van der Waals surface area contributed by atoms with Crippen LogP contribution in [0.1, 0.15) is 24.8 Å². The van der Waals surface area contributed by atoms with Gasteiger partial charge in [-0.05, 0) is 37.0 Å². The summed E-state index contributed by atoms with van der Waals surface area (Å²) in [5.74, 6) is 0.711. The second-order valence-electron chi connectivity index (χ2n) is 3.79. The molecule has 0 aliphatic carbocycles. The summed E-state index contributed by atoms with van der Waals surface area (Å²) >= 11 is 3.45. The van der Waals surface area contributed by atoms with Gasteiger partial charge in [0.25, 0.3) is 0 Å². The van der Waals surface area contributed by atoms with Crippen LogP contribution in [-0.2, 0) is 0 Å². The van der Waals surface area contributed by atoms with Crippen molar-refractivity contribution in [1.29, 1.82) is 0 Å². The minimum Gasteiger partial charge on any atom is -0.314 e. The third kappa shape index (κ3) is 2.12. The van der Waals surface area contributed by atoms with Gasteiger partial charge in [-0.3, -0.25) is 0 Å². The van der Waals surface area contributed by atoms with E-state index in [0.29, 0.717) is 12.0 Å². The lowest BCUT2D eigenvalue weighted by Crippen LogP contribution is -2.16. The van der Waals surface area contributed by atoms with E-state index in [9.17, 15) is 0 Å². The van der Waals surface area contributed by atoms with Gasteiger partial charge in [-0.2, -0.15) is 0 Å². The van der Waals surface area contributed by atoms with E-state index in [2.05, 4.69) is 52.4 Å². The van der Waals surface area contributed by atoms with Crippen molar-refractivity contribution in [3.8, 4) is 0 Å². The lowest BCUT2D eigenvalue weighted by molar-refractivity contribution is 0.658. The molecule has 0 aromatic heterocycles. The highest BCUT2D eigenvalue weighted by molar-refractivity contribution is 9.10. The third-order valence-corrected chi connectivity index (χ3v) is 3.22. The van der Waals surface area contributed by atoms with E-state index in [1.54, 1.807) is 0 Å². The van der Waals surface area contributed by atoms with E-state index in [1.807, 2.05) is 0 Å². The minimum atomic E-state index is 0.675. The van der Waals surface area contributed by atoms with Crippen molar-refractivity contribution >= 4 is 15.9 Å². The molecule has 1 aromatic carbocycles. The average molecular weight is 240 g/mol. The molecule has 0 amide bonds. The van der Waals surface area contributed by atoms with Crippen molar-refractivity contribution in [1.82, 2.24) is 5.32 Å². The highest BCUT2D eigenvalue weighted by Gasteiger charge is 2.21. The summed E-state index contributed by atoms with van der Waals surface area (Å²) in [5, 5.41) is 3.47. The Balaban J connectivity index is 2.13. The molecule has 1 saturated heterocycles. The summed E-state index contributed by atoms with van der Waals surface area (Å²) in [7, 11) is 0. The molecule has 0 saturated carbocycles. The fourth-order valence-corrected chi connectivity index (χ4v) is 2.19. The molecule has 1 nitrogen and oxygen atoms in total. The molecule has 0 radical (unpaired) electrons. The third-order valence-electron chi connectivity index (χ3n) is 2.69. The predicted molar refractivity (Wildman–Crippen MR) is 59.0 cm³/mol. The number of hydrogen-bond donors (Lipinski definition) is 1. The zero-order chi connectivity index (χ0) is 9.26. The smallest absolute Gasteiger partial charge is 0.0175 e. The number of rotatable bonds is 1. The van der Waals surface area contributed by atoms with Crippen LogP contribution in [0, 0.1) is 0 Å². The zero-order valence-electron chi connectivity index (χ0n) is 7.76. The lowest BCUT2D eigenvalue weighted by atomic mass is 9.97. The van der Waals surface area contributed by atoms with Crippen molar-refractivity contribution in [2.24, 2.45) is 0 Å². The molecule has 13 heavy (non-hydrogen) atoms. The molecule has 2 heteroatoms. The van der Waals surface area contributed by atoms with Gasteiger partial charge in [-0.15, -0.1) is 0 Å². The largest absolute Gasteiger partial charge is 0.314 e. The van der Waals surface area contributed by atoms with Crippen LogP contribution in [0.4, 0.5) is 0 Å². The van der Waals surface area contributed by atoms with Crippen molar-refractivity contribution < 1.29 is 0 Å². The first-order valence-corrected chi connectivity index (χ1v) is 5.54. The first-order valence-electron chi connectivity index (χ1n) is 4.74. The Morgan fingerprint density at radius 2 is 2.00 bits per heavy atom. The van der Waals surface area contributed by atoms with Crippen LogP contribution in [0.2, 0.25) is 0 Å². The molecule has 70 valence electrons. The van der Waals surface area contributed by atoms with Gasteiger partial charge < -0.3 is 5.32 Å². The predicted octanol–water partition coefficient (Wildman–Crippen LogP) is 2.91. The van der Waals surface area contributed by atoms with Crippen LogP contribution in [0.5, 0.6) is 0 Å². The van der Waals surface area contributed by atoms with Gasteiger partial charge in [-0.1, -0.05) is 28.1 Å². The van der Waals surface area contributed by atoms with Gasteiger partial charge in [-0.25, -0.2) is 0 Å². The number of benzene rings is 1. The molecule has 1 N–H and O–H groups in total. The summed E-state index contributed by atoms with van der Waals surface area (Å²) in [6.45, 7) is 3.38. The van der Waals surface area contributed by atoms with Gasteiger partial charge in [0, 0.05) is 17.1 Å². The van der Waals surface area contributed by atoms with Crippen molar-refractivity contribution in [3.05, 3.63) is 34.3 Å². The molecule has 1 fully saturated rings. The second kappa shape index (κ2) is 3.81. The van der Waals surface area contributed by atoms with Crippen LogP contribution >= 0.6 is 15.9 Å². The van der Waals surface area contributed by atoms with Crippen molar-refractivity contribution in [2.45, 2.75) is 25.3 Å². The molecule has 1 aliphatic rings. The number of hydrogen-bond acceptors (Lipinski definition) is 1. The van der Waals surface area contributed by atoms with Gasteiger partial charge >= 0.3 is 0 Å². The summed E-state index contributed by atoms with van der Waals surface area (Å²) in [4.78, 5) is 0. The van der Waals surface area contributed by atoms with Gasteiger partial charge in [0.15, 0.2) is 0 Å². The molecule has 1 heterocycles. The Hall–Kier alpha value is -0.340. The highest BCUT2D eigenvalue weighted by atomic mass is 79.9. The molecule has 0 bridgehead atoms. The molecule has 1 aliphatic heterocycles. The molecule has 1 aromatic rings. The maximum Gasteiger partial charge on any atom is 0.0175 e. The Labute approximate surface area is 87.7 Å². The summed E-state index contributed by atoms with van der Waals surface area (Å²) in [5.41, 5.74) is 1.46. The van der Waals surface area contributed by atoms with Crippen LogP contribution in [0.25, 0.3) is 0 Å². The average Bonchev–Trinajstić information content (AvgIpc) is 2.53. The van der Waals surface area contributed by atoms with Gasteiger partial charge in [0.1, 0.15) is 0 Å². The van der Waals surface area contributed by atoms with E-state index in [1.165, 1.54) is 12.0 Å². The quantitative estimate of drug-likeness (QED) is 0.795. The Morgan fingerprint density at radius 1 is 1.31 bits per heavy atom. The van der Waals surface area contributed by atoms with E-state index >= 15 is 0 Å². The lowest BCUT2D eigenvalue weighted by Gasteiger charge is -2.08. The van der Waals surface area contributed by atoms with Crippen LogP contribution in [0.3, 0.4) is 0 Å². The standard InChI is InChI=1S/C11H14BrN/c1-8-6-10(7-13-8)9-2-4-11(12)5-3-9/h2-5,8,10,13H,6-7H2,1H3/t8-,10+/m1/s1. The molecular formula is C11H14BrN. The maximum absolute atomic E-state index is 3.47. The minimum absolute atomic E-state index is 0.675. The molecule has 2 rings (SSSR count). The van der Waals surface area contributed by atoms with Crippen LogP contribution in [0.15, 0.2) is 28.7 Å². The monoisotopic (exact) mass is 239 g/mol. The maximum atomic E-state index is 3.47. The Bertz CT molecular complexity index is 281. The molecule has 0 spiro atoms. The van der Waals surface area contributed by atoms with E-state index in [-0.39, 0.29) is 0 Å². The summed E-state index contributed by atoms with van der Waals surface area (Å²) < 4.78 is 1.16. The van der Waals surface area contributed by atoms with E-state index < -0.39 is 0 Å². The molecule has 0 unspecified atom stereocenters. The Morgan fingerprint density at radius 3 is 2.54 bits per heavy atom. The number of halogens is 1. The van der Waals surface area contributed by atoms with Crippen molar-refractivity contribution in [3.63, 3.8) is 0 Å². The molecular weight excluding hydrogens is 226 g/mol. The van der Waals surface area contributed by atoms with Crippen LogP contribution in [-0.4, -0.2) is 12.6 Å². The summed E-state index contributed by atoms with van der Waals surface area (Å²) in [6.07, 6.45) is 1.27. The Kier molecular flexibility index (Phi) is 2.70. The normalized spacial score (nSPS) is 27.8. The topological polar surface area (TPSA) is 12.0 Å². The molecule has 2 atom stereocenters. The first-order chi connectivity index (χ1) is 6.25. The van der Waals surface area contributed by atoms with Crippen molar-refractivity contribution in [2.75, 3.05) is 6.54 Å².